The third kappa shape index (κ3) is 7.82. The van der Waals surface area contributed by atoms with Gasteiger partial charge >= 0.3 is 0 Å². The second kappa shape index (κ2) is 12.2. The average Bonchev–Trinajstić information content (AvgIpc) is 2.76. The molecule has 0 saturated carbocycles. The van der Waals surface area contributed by atoms with Crippen LogP contribution in [-0.4, -0.2) is 50.0 Å². The van der Waals surface area contributed by atoms with Gasteiger partial charge in [-0.1, -0.05) is 36.4 Å². The van der Waals surface area contributed by atoms with Gasteiger partial charge in [-0.3, -0.25) is 13.9 Å². The van der Waals surface area contributed by atoms with Crippen LogP contribution in [0.3, 0.4) is 0 Å². The Morgan fingerprint density at radius 2 is 1.57 bits per heavy atom. The number of hydrogen-bond donors (Lipinski definition) is 1. The van der Waals surface area contributed by atoms with Gasteiger partial charge in [-0.05, 0) is 76.3 Å². The molecule has 7 nitrogen and oxygen atoms in total. The van der Waals surface area contributed by atoms with Gasteiger partial charge < -0.3 is 10.2 Å². The summed E-state index contributed by atoms with van der Waals surface area (Å²) >= 11 is 0. The molecule has 1 atom stereocenters. The minimum Gasteiger partial charge on any atom is -0.352 e. The van der Waals surface area contributed by atoms with Gasteiger partial charge in [0.1, 0.15) is 6.04 Å². The van der Waals surface area contributed by atoms with E-state index in [9.17, 15) is 18.0 Å². The second-order valence-electron chi connectivity index (χ2n) is 9.45. The van der Waals surface area contributed by atoms with E-state index in [4.69, 9.17) is 0 Å². The van der Waals surface area contributed by atoms with Crippen molar-refractivity contribution in [3.8, 4) is 0 Å². The van der Waals surface area contributed by atoms with E-state index in [1.54, 1.807) is 17.9 Å². The van der Waals surface area contributed by atoms with Crippen molar-refractivity contribution in [3.05, 3.63) is 64.7 Å². The molecule has 0 radical (unpaired) electrons. The number of carbonyl (C=O) groups excluding carboxylic acids is 2. The van der Waals surface area contributed by atoms with E-state index in [0.29, 0.717) is 18.7 Å². The predicted molar refractivity (Wildman–Crippen MR) is 142 cm³/mol. The lowest BCUT2D eigenvalue weighted by Gasteiger charge is -2.30. The maximum atomic E-state index is 13.4. The van der Waals surface area contributed by atoms with Gasteiger partial charge in [-0.25, -0.2) is 8.42 Å². The lowest BCUT2D eigenvalue weighted by atomic mass is 10.1. The molecule has 2 aromatic rings. The molecular formula is C27H39N3O4S. The number of nitrogens with zero attached hydrogens (tertiary/aromatic N) is 2. The van der Waals surface area contributed by atoms with Crippen LogP contribution in [0.1, 0.15) is 55.9 Å². The highest BCUT2D eigenvalue weighted by Gasteiger charge is 2.27. The van der Waals surface area contributed by atoms with Gasteiger partial charge in [0.15, 0.2) is 0 Å². The lowest BCUT2D eigenvalue weighted by molar-refractivity contribution is -0.140. The first-order valence-corrected chi connectivity index (χ1v) is 13.9. The molecule has 0 fully saturated rings. The van der Waals surface area contributed by atoms with Crippen LogP contribution in [0.5, 0.6) is 0 Å². The van der Waals surface area contributed by atoms with Crippen LogP contribution in [0.2, 0.25) is 0 Å². The second-order valence-corrected chi connectivity index (χ2v) is 11.4. The van der Waals surface area contributed by atoms with Crippen LogP contribution in [0, 0.1) is 20.8 Å². The van der Waals surface area contributed by atoms with E-state index in [1.165, 1.54) is 10.6 Å². The molecule has 0 aromatic heterocycles. The number of amides is 2. The summed E-state index contributed by atoms with van der Waals surface area (Å²) in [5.74, 6) is -0.399. The third-order valence-electron chi connectivity index (χ3n) is 6.20. The number of aryl methyl sites for hydroxylation is 2. The van der Waals surface area contributed by atoms with Gasteiger partial charge in [-0.15, -0.1) is 0 Å². The zero-order valence-electron chi connectivity index (χ0n) is 22.0. The Kier molecular flexibility index (Phi) is 9.89. The molecule has 192 valence electrons. The van der Waals surface area contributed by atoms with Crippen molar-refractivity contribution in [1.82, 2.24) is 10.2 Å². The number of hydrogen-bond acceptors (Lipinski definition) is 4. The first kappa shape index (κ1) is 28.4. The SMILES string of the molecule is Cc1ccccc1CN(C(=O)CCCN(c1cccc(C)c1C)S(C)(=O)=O)[C@H](C)C(=O)NC(C)C. The minimum atomic E-state index is -3.53. The van der Waals surface area contributed by atoms with Crippen LogP contribution < -0.4 is 9.62 Å². The highest BCUT2D eigenvalue weighted by atomic mass is 32.2. The Labute approximate surface area is 210 Å². The highest BCUT2D eigenvalue weighted by Crippen LogP contribution is 2.25. The van der Waals surface area contributed by atoms with Crippen molar-refractivity contribution >= 4 is 27.5 Å². The van der Waals surface area contributed by atoms with Gasteiger partial charge in [0.2, 0.25) is 21.8 Å². The maximum Gasteiger partial charge on any atom is 0.242 e. The van der Waals surface area contributed by atoms with E-state index < -0.39 is 16.1 Å². The maximum absolute atomic E-state index is 13.4. The Hall–Kier alpha value is -2.87. The Balaban J connectivity index is 2.22. The molecule has 2 amide bonds. The van der Waals surface area contributed by atoms with E-state index in [1.807, 2.05) is 71.0 Å². The van der Waals surface area contributed by atoms with E-state index in [0.717, 1.165) is 22.3 Å². The summed E-state index contributed by atoms with van der Waals surface area (Å²) in [7, 11) is -3.53. The molecule has 0 aliphatic rings. The number of anilines is 1. The van der Waals surface area contributed by atoms with Crippen molar-refractivity contribution < 1.29 is 18.0 Å². The molecule has 1 N–H and O–H groups in total. The van der Waals surface area contributed by atoms with Crippen LogP contribution in [0.4, 0.5) is 5.69 Å². The molecule has 35 heavy (non-hydrogen) atoms. The van der Waals surface area contributed by atoms with Crippen molar-refractivity contribution in [1.29, 1.82) is 0 Å². The number of benzene rings is 2. The van der Waals surface area contributed by atoms with Crippen molar-refractivity contribution in [2.24, 2.45) is 0 Å². The summed E-state index contributed by atoms with van der Waals surface area (Å²) in [6, 6.07) is 12.6. The largest absolute Gasteiger partial charge is 0.352 e. The fourth-order valence-electron chi connectivity index (χ4n) is 3.95. The Morgan fingerprint density at radius 1 is 0.943 bits per heavy atom. The number of carbonyl (C=O) groups is 2. The van der Waals surface area contributed by atoms with Crippen molar-refractivity contribution in [2.45, 2.75) is 73.0 Å². The highest BCUT2D eigenvalue weighted by molar-refractivity contribution is 7.92. The monoisotopic (exact) mass is 501 g/mol. The average molecular weight is 502 g/mol. The summed E-state index contributed by atoms with van der Waals surface area (Å²) in [5, 5.41) is 2.89. The molecule has 0 aliphatic heterocycles. The Bertz CT molecular complexity index is 1140. The molecule has 0 bridgehead atoms. The summed E-state index contributed by atoms with van der Waals surface area (Å²) < 4.78 is 26.5. The summed E-state index contributed by atoms with van der Waals surface area (Å²) in [6.07, 6.45) is 1.64. The lowest BCUT2D eigenvalue weighted by Crippen LogP contribution is -2.49. The molecule has 8 heteroatoms. The summed E-state index contributed by atoms with van der Waals surface area (Å²) in [5.41, 5.74) is 4.53. The standard InChI is InChI=1S/C27H39N3O4S/c1-19(2)28-27(32)23(6)29(18-24-14-9-8-12-21(24)4)26(31)16-11-17-30(35(7,33)34)25-15-10-13-20(3)22(25)5/h8-10,12-15,19,23H,11,16-18H2,1-7H3,(H,28,32)/t23-/m1/s1. The van der Waals surface area contributed by atoms with E-state index >= 15 is 0 Å². The first-order chi connectivity index (χ1) is 16.3. The van der Waals surface area contributed by atoms with Crippen molar-refractivity contribution in [3.63, 3.8) is 0 Å². The summed E-state index contributed by atoms with van der Waals surface area (Å²) in [6.45, 7) is 11.8. The number of rotatable bonds is 11. The summed E-state index contributed by atoms with van der Waals surface area (Å²) in [4.78, 5) is 27.7. The molecule has 2 aromatic carbocycles. The number of sulfonamides is 1. The van der Waals surface area contributed by atoms with Crippen LogP contribution in [-0.2, 0) is 26.2 Å². The molecule has 0 heterocycles. The number of nitrogens with one attached hydrogen (secondary N) is 1. The smallest absolute Gasteiger partial charge is 0.242 e. The molecular weight excluding hydrogens is 462 g/mol. The molecule has 2 rings (SSSR count). The fourth-order valence-corrected chi connectivity index (χ4v) is 4.96. The molecule has 0 aliphatic carbocycles. The van der Waals surface area contributed by atoms with E-state index in [-0.39, 0.29) is 30.8 Å². The zero-order valence-corrected chi connectivity index (χ0v) is 22.8. The quantitative estimate of drug-likeness (QED) is 0.502. The predicted octanol–water partition coefficient (Wildman–Crippen LogP) is 4.10. The molecule has 0 unspecified atom stereocenters. The van der Waals surface area contributed by atoms with Gasteiger partial charge in [0.05, 0.1) is 11.9 Å². The normalized spacial score (nSPS) is 12.3. The molecule has 0 spiro atoms. The van der Waals surface area contributed by atoms with Crippen LogP contribution in [0.25, 0.3) is 0 Å². The van der Waals surface area contributed by atoms with Gasteiger partial charge in [-0.2, -0.15) is 0 Å². The zero-order chi connectivity index (χ0) is 26.3. The topological polar surface area (TPSA) is 86.8 Å². The van der Waals surface area contributed by atoms with Crippen LogP contribution in [0.15, 0.2) is 42.5 Å². The van der Waals surface area contributed by atoms with E-state index in [2.05, 4.69) is 5.32 Å². The minimum absolute atomic E-state index is 0.0405. The van der Waals surface area contributed by atoms with Gasteiger partial charge in [0.25, 0.3) is 0 Å². The third-order valence-corrected chi connectivity index (χ3v) is 7.38. The van der Waals surface area contributed by atoms with Crippen molar-refractivity contribution in [2.75, 3.05) is 17.1 Å². The fraction of sp³-hybridized carbons (Fsp3) is 0.481. The first-order valence-electron chi connectivity index (χ1n) is 12.0. The van der Waals surface area contributed by atoms with Crippen LogP contribution >= 0.6 is 0 Å². The Morgan fingerprint density at radius 3 is 2.17 bits per heavy atom. The molecule has 0 saturated heterocycles. The van der Waals surface area contributed by atoms with Gasteiger partial charge in [0, 0.05) is 25.6 Å².